The van der Waals surface area contributed by atoms with Gasteiger partial charge in [-0.15, -0.1) is 0 Å². The van der Waals surface area contributed by atoms with Crippen LogP contribution in [0.2, 0.25) is 0 Å². The van der Waals surface area contributed by atoms with Gasteiger partial charge in [0.15, 0.2) is 0 Å². The zero-order chi connectivity index (χ0) is 30.2. The Morgan fingerprint density at radius 3 is 2.40 bits per heavy atom. The zero-order valence-electron chi connectivity index (χ0n) is 23.4. The van der Waals surface area contributed by atoms with Crippen LogP contribution in [0.15, 0.2) is 89.9 Å². The average Bonchev–Trinajstić information content (AvgIpc) is 2.96. The van der Waals surface area contributed by atoms with E-state index in [4.69, 9.17) is 0 Å². The van der Waals surface area contributed by atoms with Crippen molar-refractivity contribution < 1.29 is 18.0 Å². The SMILES string of the molecule is Cc1ccc(NC(=O)c2cccc(C(F)(F)F)c2)cc1-c1cc2cnc(Nc3cccc(N(C)C)c3)cc2n(C)c1=O. The second-order valence-corrected chi connectivity index (χ2v) is 10.2. The number of halogens is 3. The van der Waals surface area contributed by atoms with E-state index in [0.717, 1.165) is 34.5 Å². The molecule has 0 aliphatic carbocycles. The van der Waals surface area contributed by atoms with Gasteiger partial charge >= 0.3 is 6.18 Å². The van der Waals surface area contributed by atoms with Crippen LogP contribution in [0.1, 0.15) is 21.5 Å². The van der Waals surface area contributed by atoms with Crippen LogP contribution in [0.5, 0.6) is 0 Å². The molecule has 7 nitrogen and oxygen atoms in total. The van der Waals surface area contributed by atoms with Crippen LogP contribution in [-0.2, 0) is 13.2 Å². The molecule has 3 aromatic carbocycles. The summed E-state index contributed by atoms with van der Waals surface area (Å²) >= 11 is 0. The van der Waals surface area contributed by atoms with Crippen LogP contribution in [0.4, 0.5) is 36.1 Å². The summed E-state index contributed by atoms with van der Waals surface area (Å²) in [6.45, 7) is 1.84. The number of pyridine rings is 2. The maximum absolute atomic E-state index is 13.5. The molecule has 2 heterocycles. The number of nitrogens with zero attached hydrogens (tertiary/aromatic N) is 3. The number of aromatic nitrogens is 2. The van der Waals surface area contributed by atoms with Crippen LogP contribution >= 0.6 is 0 Å². The highest BCUT2D eigenvalue weighted by molar-refractivity contribution is 6.04. The lowest BCUT2D eigenvalue weighted by Crippen LogP contribution is -2.19. The first-order valence-corrected chi connectivity index (χ1v) is 13.0. The smallest absolute Gasteiger partial charge is 0.378 e. The summed E-state index contributed by atoms with van der Waals surface area (Å²) < 4.78 is 40.9. The van der Waals surface area contributed by atoms with Gasteiger partial charge in [-0.05, 0) is 72.6 Å². The third-order valence-corrected chi connectivity index (χ3v) is 6.98. The normalized spacial score (nSPS) is 11.4. The molecule has 0 bridgehead atoms. The number of hydrogen-bond acceptors (Lipinski definition) is 5. The summed E-state index contributed by atoms with van der Waals surface area (Å²) in [4.78, 5) is 32.8. The Morgan fingerprint density at radius 1 is 0.905 bits per heavy atom. The molecule has 0 atom stereocenters. The van der Waals surface area contributed by atoms with Gasteiger partial charge in [-0.25, -0.2) is 4.98 Å². The molecule has 0 radical (unpaired) electrons. The predicted molar refractivity (Wildman–Crippen MR) is 161 cm³/mol. The number of carbonyl (C=O) groups excluding carboxylic acids is 1. The molecule has 42 heavy (non-hydrogen) atoms. The van der Waals surface area contributed by atoms with Crippen LogP contribution in [-0.4, -0.2) is 29.6 Å². The Kier molecular flexibility index (Phi) is 7.47. The van der Waals surface area contributed by atoms with Crippen molar-refractivity contribution in [3.05, 3.63) is 112 Å². The summed E-state index contributed by atoms with van der Waals surface area (Å²) in [5.41, 5.74) is 3.39. The number of carbonyl (C=O) groups is 1. The molecular weight excluding hydrogens is 543 g/mol. The molecule has 2 aromatic heterocycles. The highest BCUT2D eigenvalue weighted by atomic mass is 19.4. The molecule has 0 saturated heterocycles. The molecule has 214 valence electrons. The Bertz CT molecular complexity index is 1880. The molecule has 0 aliphatic heterocycles. The molecule has 0 unspecified atom stereocenters. The van der Waals surface area contributed by atoms with Crippen LogP contribution in [0.3, 0.4) is 0 Å². The number of amides is 1. The minimum absolute atomic E-state index is 0.127. The van der Waals surface area contributed by atoms with E-state index in [9.17, 15) is 22.8 Å². The number of fused-ring (bicyclic) bond motifs is 1. The molecule has 5 rings (SSSR count). The number of aryl methyl sites for hydroxylation is 2. The van der Waals surface area contributed by atoms with Crippen LogP contribution in [0, 0.1) is 6.92 Å². The molecule has 1 amide bonds. The number of alkyl halides is 3. The van der Waals surface area contributed by atoms with Gasteiger partial charge in [0.05, 0.1) is 11.1 Å². The lowest BCUT2D eigenvalue weighted by atomic mass is 9.99. The summed E-state index contributed by atoms with van der Waals surface area (Å²) in [5.74, 6) is -0.112. The summed E-state index contributed by atoms with van der Waals surface area (Å²) in [6, 6.07) is 20.7. The van der Waals surface area contributed by atoms with Gasteiger partial charge < -0.3 is 20.1 Å². The van der Waals surface area contributed by atoms with E-state index in [1.54, 1.807) is 48.1 Å². The van der Waals surface area contributed by atoms with Gasteiger partial charge in [-0.2, -0.15) is 13.2 Å². The van der Waals surface area contributed by atoms with Gasteiger partial charge in [0, 0.05) is 67.0 Å². The highest BCUT2D eigenvalue weighted by Gasteiger charge is 2.31. The third-order valence-electron chi connectivity index (χ3n) is 6.98. The van der Waals surface area contributed by atoms with Crippen molar-refractivity contribution in [1.29, 1.82) is 0 Å². The Labute approximate surface area is 240 Å². The topological polar surface area (TPSA) is 79.3 Å². The highest BCUT2D eigenvalue weighted by Crippen LogP contribution is 2.31. The van der Waals surface area contributed by atoms with Crippen LogP contribution in [0.25, 0.3) is 22.0 Å². The summed E-state index contributed by atoms with van der Waals surface area (Å²) in [5, 5.41) is 6.67. The number of hydrogen-bond donors (Lipinski definition) is 2. The number of rotatable bonds is 6. The van der Waals surface area contributed by atoms with Crippen molar-refractivity contribution in [3.8, 4) is 11.1 Å². The second-order valence-electron chi connectivity index (χ2n) is 10.2. The Morgan fingerprint density at radius 2 is 1.67 bits per heavy atom. The number of anilines is 4. The average molecular weight is 572 g/mol. The fourth-order valence-electron chi connectivity index (χ4n) is 4.67. The standard InChI is InChI=1S/C32H28F3N5O2/c1-19-11-12-24(38-30(41)20-7-5-8-22(13-20)32(33,34)35)16-26(19)27-14-21-18-36-29(17-28(21)40(4)31(27)42)37-23-9-6-10-25(15-23)39(2)3/h5-18H,1-4H3,(H,36,37)(H,38,41). The molecule has 2 N–H and O–H groups in total. The lowest BCUT2D eigenvalue weighted by molar-refractivity contribution is -0.137. The zero-order valence-corrected chi connectivity index (χ0v) is 23.4. The molecule has 10 heteroatoms. The lowest BCUT2D eigenvalue weighted by Gasteiger charge is -2.15. The van der Waals surface area contributed by atoms with Gasteiger partial charge in [0.2, 0.25) is 0 Å². The van der Waals surface area contributed by atoms with E-state index in [1.807, 2.05) is 50.2 Å². The minimum atomic E-state index is -4.56. The maximum atomic E-state index is 13.5. The van der Waals surface area contributed by atoms with Gasteiger partial charge in [0.25, 0.3) is 11.5 Å². The molecule has 0 spiro atoms. The molecular formula is C32H28F3N5O2. The van der Waals surface area contributed by atoms with E-state index in [1.165, 1.54) is 12.1 Å². The van der Waals surface area contributed by atoms with E-state index in [-0.39, 0.29) is 11.1 Å². The molecule has 0 aliphatic rings. The first kappa shape index (κ1) is 28.4. The van der Waals surface area contributed by atoms with Crippen molar-refractivity contribution in [2.45, 2.75) is 13.1 Å². The van der Waals surface area contributed by atoms with Crippen molar-refractivity contribution in [1.82, 2.24) is 9.55 Å². The first-order valence-electron chi connectivity index (χ1n) is 13.0. The Hall–Kier alpha value is -5.12. The quantitative estimate of drug-likeness (QED) is 0.230. The monoisotopic (exact) mass is 571 g/mol. The molecule has 5 aromatic rings. The predicted octanol–water partition coefficient (Wildman–Crippen LogP) is 6.99. The number of nitrogens with one attached hydrogen (secondary N) is 2. The van der Waals surface area contributed by atoms with E-state index >= 15 is 0 Å². The molecule has 0 fully saturated rings. The van der Waals surface area contributed by atoms with Gasteiger partial charge in [0.1, 0.15) is 5.82 Å². The first-order chi connectivity index (χ1) is 19.9. The summed E-state index contributed by atoms with van der Waals surface area (Å²) in [6.07, 6.45) is -2.88. The van der Waals surface area contributed by atoms with Crippen molar-refractivity contribution >= 4 is 39.7 Å². The summed E-state index contributed by atoms with van der Waals surface area (Å²) in [7, 11) is 5.60. The van der Waals surface area contributed by atoms with E-state index in [2.05, 4.69) is 15.6 Å². The van der Waals surface area contributed by atoms with Gasteiger partial charge in [-0.3, -0.25) is 9.59 Å². The number of benzene rings is 3. The van der Waals surface area contributed by atoms with Gasteiger partial charge in [-0.1, -0.05) is 18.2 Å². The minimum Gasteiger partial charge on any atom is -0.378 e. The fraction of sp³-hybridized carbons (Fsp3) is 0.156. The Balaban J connectivity index is 1.46. The third kappa shape index (κ3) is 5.83. The van der Waals surface area contributed by atoms with Crippen molar-refractivity contribution in [3.63, 3.8) is 0 Å². The van der Waals surface area contributed by atoms with E-state index < -0.39 is 17.6 Å². The largest absolute Gasteiger partial charge is 0.416 e. The van der Waals surface area contributed by atoms with E-state index in [0.29, 0.717) is 28.1 Å². The maximum Gasteiger partial charge on any atom is 0.416 e. The fourth-order valence-corrected chi connectivity index (χ4v) is 4.67. The molecule has 0 saturated carbocycles. The van der Waals surface area contributed by atoms with Crippen molar-refractivity contribution in [2.24, 2.45) is 7.05 Å². The second kappa shape index (κ2) is 11.0. The van der Waals surface area contributed by atoms with Crippen molar-refractivity contribution in [2.75, 3.05) is 29.6 Å². The van der Waals surface area contributed by atoms with Crippen LogP contribution < -0.4 is 21.1 Å².